The Morgan fingerprint density at radius 3 is 1.60 bits per heavy atom. The first-order valence-electron chi connectivity index (χ1n) is 14.5. The van der Waals surface area contributed by atoms with Gasteiger partial charge >= 0.3 is 0 Å². The van der Waals surface area contributed by atoms with E-state index in [0.717, 1.165) is 56.0 Å². The highest BCUT2D eigenvalue weighted by Gasteiger charge is 2.21. The van der Waals surface area contributed by atoms with Gasteiger partial charge in [0.25, 0.3) is 0 Å². The molecule has 0 atom stereocenters. The van der Waals surface area contributed by atoms with E-state index in [-0.39, 0.29) is 0 Å². The number of para-hydroxylation sites is 3. The van der Waals surface area contributed by atoms with Crippen LogP contribution in [-0.2, 0) is 0 Å². The van der Waals surface area contributed by atoms with Gasteiger partial charge < -0.3 is 9.13 Å². The van der Waals surface area contributed by atoms with Crippen molar-refractivity contribution in [2.24, 2.45) is 0 Å². The van der Waals surface area contributed by atoms with Crippen LogP contribution in [0.4, 0.5) is 0 Å². The summed E-state index contributed by atoms with van der Waals surface area (Å²) in [6.07, 6.45) is 0. The van der Waals surface area contributed by atoms with Crippen molar-refractivity contribution >= 4 is 43.6 Å². The van der Waals surface area contributed by atoms with E-state index in [1.54, 1.807) is 0 Å². The van der Waals surface area contributed by atoms with Crippen molar-refractivity contribution < 1.29 is 0 Å². The number of aromatic nitrogens is 3. The van der Waals surface area contributed by atoms with Gasteiger partial charge in [-0.2, -0.15) is 5.26 Å². The van der Waals surface area contributed by atoms with E-state index in [4.69, 9.17) is 0 Å². The summed E-state index contributed by atoms with van der Waals surface area (Å²) in [5.74, 6) is 0. The maximum absolute atomic E-state index is 10.7. The molecule has 0 unspecified atom stereocenters. The molecule has 0 radical (unpaired) electrons. The largest absolute Gasteiger partial charge is 0.309 e. The molecule has 0 spiro atoms. The van der Waals surface area contributed by atoms with Crippen molar-refractivity contribution in [1.82, 2.24) is 14.1 Å². The zero-order valence-corrected chi connectivity index (χ0v) is 24.3. The van der Waals surface area contributed by atoms with Gasteiger partial charge in [0.15, 0.2) is 0 Å². The number of nitriles is 1. The Balaban J connectivity index is 1.55. The summed E-state index contributed by atoms with van der Waals surface area (Å²) in [5.41, 5.74) is 12.1. The van der Waals surface area contributed by atoms with E-state index in [1.807, 2.05) is 13.8 Å². The molecule has 204 valence electrons. The number of aryl methyl sites for hydroxylation is 3. The van der Waals surface area contributed by atoms with Crippen LogP contribution in [0.1, 0.15) is 22.5 Å². The predicted octanol–water partition coefficient (Wildman–Crippen LogP) is 9.74. The molecule has 0 N–H and O–H groups in total. The molecule has 0 aliphatic carbocycles. The van der Waals surface area contributed by atoms with E-state index < -0.39 is 0 Å². The maximum atomic E-state index is 10.7. The molecule has 0 saturated heterocycles. The highest BCUT2D eigenvalue weighted by atomic mass is 15.0. The molecule has 3 heterocycles. The van der Waals surface area contributed by atoms with Crippen molar-refractivity contribution in [3.8, 4) is 28.6 Å². The molecule has 0 aliphatic rings. The second-order valence-electron chi connectivity index (χ2n) is 11.4. The molecule has 0 saturated carbocycles. The number of nitrogens with zero attached hydrogens (tertiary/aromatic N) is 4. The second kappa shape index (κ2) is 9.44. The van der Waals surface area contributed by atoms with E-state index in [1.165, 1.54) is 27.1 Å². The molecule has 0 bridgehead atoms. The van der Waals surface area contributed by atoms with Gasteiger partial charge in [0.05, 0.1) is 39.0 Å². The summed E-state index contributed by atoms with van der Waals surface area (Å²) in [4.78, 5) is 4.69. The van der Waals surface area contributed by atoms with Gasteiger partial charge in [-0.05, 0) is 80.4 Å². The van der Waals surface area contributed by atoms with E-state index in [2.05, 4.69) is 142 Å². The standard InChI is InChI=1S/C39H28N4/c1-24-16-17-32-31-12-6-9-15-36(31)43(38(32)18-24)39-21-28(23-40)37(22-33(39)27-19-25(2)41-26(3)20-27)42-34-13-7-4-10-29(34)30-11-5-8-14-35(30)42/h4-22H,1-3H3. The number of hydrogen-bond acceptors (Lipinski definition) is 2. The van der Waals surface area contributed by atoms with Crippen molar-refractivity contribution in [2.45, 2.75) is 20.8 Å². The zero-order valence-electron chi connectivity index (χ0n) is 24.3. The summed E-state index contributed by atoms with van der Waals surface area (Å²) in [6.45, 7) is 6.21. The highest BCUT2D eigenvalue weighted by molar-refractivity contribution is 6.11. The Hall–Kier alpha value is -5.66. The number of hydrogen-bond donors (Lipinski definition) is 0. The van der Waals surface area contributed by atoms with Gasteiger partial charge in [-0.3, -0.25) is 4.98 Å². The van der Waals surface area contributed by atoms with Crippen LogP contribution < -0.4 is 0 Å². The number of benzene rings is 5. The Morgan fingerprint density at radius 1 is 0.535 bits per heavy atom. The van der Waals surface area contributed by atoms with Crippen molar-refractivity contribution in [3.05, 3.63) is 138 Å². The molecule has 3 aromatic heterocycles. The first-order valence-corrected chi connectivity index (χ1v) is 14.5. The molecule has 0 amide bonds. The predicted molar refractivity (Wildman–Crippen MR) is 177 cm³/mol. The normalized spacial score (nSPS) is 11.6. The summed E-state index contributed by atoms with van der Waals surface area (Å²) in [6, 6.07) is 43.2. The van der Waals surface area contributed by atoms with E-state index in [0.29, 0.717) is 5.56 Å². The third kappa shape index (κ3) is 3.79. The van der Waals surface area contributed by atoms with Crippen LogP contribution in [0.15, 0.2) is 115 Å². The summed E-state index contributed by atoms with van der Waals surface area (Å²) < 4.78 is 4.57. The molecule has 0 aliphatic heterocycles. The third-order valence-electron chi connectivity index (χ3n) is 8.52. The second-order valence-corrected chi connectivity index (χ2v) is 11.4. The minimum Gasteiger partial charge on any atom is -0.309 e. The quantitative estimate of drug-likeness (QED) is 0.219. The van der Waals surface area contributed by atoms with Gasteiger partial charge in [0, 0.05) is 38.5 Å². The molecular formula is C39H28N4. The monoisotopic (exact) mass is 552 g/mol. The maximum Gasteiger partial charge on any atom is 0.101 e. The smallest absolute Gasteiger partial charge is 0.101 e. The summed E-state index contributed by atoms with van der Waals surface area (Å²) in [5, 5.41) is 15.4. The van der Waals surface area contributed by atoms with Gasteiger partial charge in [-0.25, -0.2) is 0 Å². The Labute approximate surface area is 249 Å². The van der Waals surface area contributed by atoms with Crippen molar-refractivity contribution in [3.63, 3.8) is 0 Å². The molecule has 8 aromatic rings. The van der Waals surface area contributed by atoms with E-state index in [9.17, 15) is 5.26 Å². The number of pyridine rings is 1. The number of fused-ring (bicyclic) bond motifs is 6. The highest BCUT2D eigenvalue weighted by Crippen LogP contribution is 2.40. The average Bonchev–Trinajstić information content (AvgIpc) is 3.52. The molecule has 5 aromatic carbocycles. The molecule has 4 nitrogen and oxygen atoms in total. The number of rotatable bonds is 3. The van der Waals surface area contributed by atoms with Gasteiger partial charge in [-0.15, -0.1) is 0 Å². The molecule has 0 fully saturated rings. The molecular weight excluding hydrogens is 524 g/mol. The Kier molecular flexibility index (Phi) is 5.51. The minimum atomic E-state index is 0.617. The first-order chi connectivity index (χ1) is 21.0. The molecule has 43 heavy (non-hydrogen) atoms. The lowest BCUT2D eigenvalue weighted by atomic mass is 9.98. The molecule has 4 heteroatoms. The molecule has 8 rings (SSSR count). The fourth-order valence-electron chi connectivity index (χ4n) is 6.78. The topological polar surface area (TPSA) is 46.5 Å². The van der Waals surface area contributed by atoms with Crippen LogP contribution in [0.3, 0.4) is 0 Å². The van der Waals surface area contributed by atoms with Crippen molar-refractivity contribution in [1.29, 1.82) is 5.26 Å². The average molecular weight is 553 g/mol. The van der Waals surface area contributed by atoms with Gasteiger partial charge in [0.1, 0.15) is 6.07 Å². The fourth-order valence-corrected chi connectivity index (χ4v) is 6.78. The summed E-state index contributed by atoms with van der Waals surface area (Å²) >= 11 is 0. The van der Waals surface area contributed by atoms with Crippen molar-refractivity contribution in [2.75, 3.05) is 0 Å². The SMILES string of the molecule is Cc1ccc2c3ccccc3n(-c3cc(C#N)c(-n4c5ccccc5c5ccccc54)cc3-c3cc(C)nc(C)c3)c2c1. The van der Waals surface area contributed by atoms with Crippen LogP contribution in [-0.4, -0.2) is 14.1 Å². The lowest BCUT2D eigenvalue weighted by Crippen LogP contribution is -2.04. The third-order valence-corrected chi connectivity index (χ3v) is 8.52. The van der Waals surface area contributed by atoms with Gasteiger partial charge in [-0.1, -0.05) is 66.7 Å². The zero-order chi connectivity index (χ0) is 29.2. The first kappa shape index (κ1) is 25.1. The Morgan fingerprint density at radius 2 is 1.05 bits per heavy atom. The fraction of sp³-hybridized carbons (Fsp3) is 0.0769. The Bertz CT molecular complexity index is 2380. The lowest BCUT2D eigenvalue weighted by Gasteiger charge is -2.19. The van der Waals surface area contributed by atoms with Crippen LogP contribution in [0, 0.1) is 32.1 Å². The van der Waals surface area contributed by atoms with Gasteiger partial charge in [0.2, 0.25) is 0 Å². The van der Waals surface area contributed by atoms with Crippen LogP contribution in [0.25, 0.3) is 66.1 Å². The van der Waals surface area contributed by atoms with E-state index >= 15 is 0 Å². The lowest BCUT2D eigenvalue weighted by molar-refractivity contribution is 1.11. The summed E-state index contributed by atoms with van der Waals surface area (Å²) in [7, 11) is 0. The van der Waals surface area contributed by atoms with Crippen LogP contribution in [0.2, 0.25) is 0 Å². The van der Waals surface area contributed by atoms with Crippen LogP contribution in [0.5, 0.6) is 0 Å². The van der Waals surface area contributed by atoms with Crippen LogP contribution >= 0.6 is 0 Å². The minimum absolute atomic E-state index is 0.617.